The molecule has 3 unspecified atom stereocenters. The highest BCUT2D eigenvalue weighted by molar-refractivity contribution is 5.87. The van der Waals surface area contributed by atoms with E-state index in [1.54, 1.807) is 0 Å². The van der Waals surface area contributed by atoms with E-state index in [0.29, 0.717) is 22.3 Å². The number of nitrogens with zero attached hydrogens (tertiary/aromatic N) is 1. The molecule has 0 aliphatic carbocycles. The van der Waals surface area contributed by atoms with Crippen LogP contribution in [0, 0.1) is 5.92 Å². The Kier molecular flexibility index (Phi) is 1.62. The molecule has 0 amide bonds. The van der Waals surface area contributed by atoms with Gasteiger partial charge in [0, 0.05) is 5.92 Å². The van der Waals surface area contributed by atoms with Crippen molar-refractivity contribution in [2.75, 3.05) is 0 Å². The molecular weight excluding hydrogens is 198 g/mol. The van der Waals surface area contributed by atoms with Crippen LogP contribution in [0.4, 0.5) is 0 Å². The average molecular weight is 212 g/mol. The molecule has 2 fully saturated rings. The molecule has 82 valence electrons. The average Bonchev–Trinajstić information content (AvgIpc) is 2.56. The van der Waals surface area contributed by atoms with Crippen LogP contribution in [-0.2, 0) is 14.4 Å². The van der Waals surface area contributed by atoms with Crippen LogP contribution in [0.5, 0.6) is 0 Å². The van der Waals surface area contributed by atoms with E-state index in [0.717, 1.165) is 6.42 Å². The fraction of sp³-hybridized carbons (Fsp3) is 0.700. The number of hydroxylamine groups is 3. The molecule has 1 spiro atoms. The Balaban J connectivity index is 1.82. The second-order valence-corrected chi connectivity index (χ2v) is 4.49. The minimum atomic E-state index is -1.06. The van der Waals surface area contributed by atoms with Gasteiger partial charge >= 0.3 is 5.97 Å². The van der Waals surface area contributed by atoms with Crippen LogP contribution >= 0.6 is 0 Å². The summed E-state index contributed by atoms with van der Waals surface area (Å²) in [6, 6.07) is 0.381. The maximum absolute atomic E-state index is 11.7. The second-order valence-electron chi connectivity index (χ2n) is 4.49. The normalized spacial score (nSPS) is 47.1. The van der Waals surface area contributed by atoms with Gasteiger partial charge in [0.05, 0.1) is 6.42 Å². The predicted molar refractivity (Wildman–Crippen MR) is 48.6 cm³/mol. The number of quaternary nitrogens is 1. The number of rotatable bonds is 2. The summed E-state index contributed by atoms with van der Waals surface area (Å²) in [5, 5.41) is 9.00. The number of hydrogen-bond donors (Lipinski definition) is 1. The maximum Gasteiger partial charge on any atom is 0.398 e. The van der Waals surface area contributed by atoms with Crippen molar-refractivity contribution < 1.29 is 24.1 Å². The van der Waals surface area contributed by atoms with Gasteiger partial charge in [0.25, 0.3) is 11.9 Å². The molecule has 3 rings (SSSR count). The molecule has 1 N–H and O–H groups in total. The highest BCUT2D eigenvalue weighted by Crippen LogP contribution is 2.61. The zero-order chi connectivity index (χ0) is 10.8. The molecular formula is C10H14NO4+. The van der Waals surface area contributed by atoms with Crippen molar-refractivity contribution in [3.05, 3.63) is 11.8 Å². The number of carbonyl (C=O) groups is 1. The molecule has 0 aromatic rings. The minimum absolute atomic E-state index is 0.160. The lowest BCUT2D eigenvalue weighted by molar-refractivity contribution is -0.927. The quantitative estimate of drug-likeness (QED) is 0.309. The summed E-state index contributed by atoms with van der Waals surface area (Å²) in [6.45, 7) is 3.50. The number of carbonyl (C=O) groups excluding carboxylic acids is 1. The molecule has 2 saturated heterocycles. The summed E-state index contributed by atoms with van der Waals surface area (Å²) < 4.78 is 5.13. The molecule has 0 saturated carbocycles. The van der Waals surface area contributed by atoms with Gasteiger partial charge in [-0.2, -0.15) is 0 Å². The van der Waals surface area contributed by atoms with Crippen LogP contribution in [0.25, 0.3) is 0 Å². The SMILES string of the molecule is C[C@@H]1C=C(C(=O)O[C@@H](C)O)[N+]23OC2CC13. The van der Waals surface area contributed by atoms with E-state index in [1.807, 2.05) is 6.08 Å². The number of aliphatic hydroxyl groups is 1. The van der Waals surface area contributed by atoms with Crippen molar-refractivity contribution in [1.82, 2.24) is 0 Å². The molecule has 3 aliphatic rings. The Bertz CT molecular complexity index is 364. The Labute approximate surface area is 87.4 Å². The number of aliphatic hydroxyl groups excluding tert-OH is 1. The lowest BCUT2D eigenvalue weighted by atomic mass is 9.95. The first kappa shape index (κ1) is 9.33. The van der Waals surface area contributed by atoms with E-state index in [1.165, 1.54) is 6.92 Å². The molecule has 0 aromatic carbocycles. The first-order valence-corrected chi connectivity index (χ1v) is 5.24. The Morgan fingerprint density at radius 3 is 3.07 bits per heavy atom. The molecule has 0 bridgehead atoms. The van der Waals surface area contributed by atoms with Gasteiger partial charge in [0.15, 0.2) is 6.29 Å². The molecule has 5 heteroatoms. The van der Waals surface area contributed by atoms with Crippen molar-refractivity contribution >= 4 is 5.97 Å². The molecule has 5 atom stereocenters. The van der Waals surface area contributed by atoms with Crippen LogP contribution < -0.4 is 0 Å². The van der Waals surface area contributed by atoms with Gasteiger partial charge in [-0.1, -0.05) is 6.92 Å². The number of esters is 1. The first-order valence-electron chi connectivity index (χ1n) is 5.24. The van der Waals surface area contributed by atoms with E-state index >= 15 is 0 Å². The van der Waals surface area contributed by atoms with Crippen LogP contribution in [0.2, 0.25) is 0 Å². The third-order valence-corrected chi connectivity index (χ3v) is 3.51. The van der Waals surface area contributed by atoms with Gasteiger partial charge < -0.3 is 9.84 Å². The molecule has 0 radical (unpaired) electrons. The van der Waals surface area contributed by atoms with Crippen molar-refractivity contribution in [2.24, 2.45) is 5.92 Å². The standard InChI is InChI=1S/C10H14NO4/c1-5-3-8(10(13)14-6(2)12)11-7(5)4-9(11)15-11/h3,5-7,9,12H,4H2,1-2H3/q+1/t5-,6+,7?,9?,11?/m1/s1. The van der Waals surface area contributed by atoms with Gasteiger partial charge in [-0.05, 0) is 13.0 Å². The van der Waals surface area contributed by atoms with E-state index in [9.17, 15) is 4.79 Å². The van der Waals surface area contributed by atoms with Crippen molar-refractivity contribution in [3.63, 3.8) is 0 Å². The largest absolute Gasteiger partial charge is 0.429 e. The lowest BCUT2D eigenvalue weighted by Gasteiger charge is -2.26. The summed E-state index contributed by atoms with van der Waals surface area (Å²) in [6.07, 6.45) is 2.02. The van der Waals surface area contributed by atoms with Crippen LogP contribution in [0.15, 0.2) is 11.8 Å². The highest BCUT2D eigenvalue weighted by Gasteiger charge is 2.82. The first-order chi connectivity index (χ1) is 7.05. The van der Waals surface area contributed by atoms with Crippen molar-refractivity contribution in [1.29, 1.82) is 0 Å². The molecule has 3 aliphatic heterocycles. The summed E-state index contributed by atoms with van der Waals surface area (Å²) in [7, 11) is 0. The Hall–Kier alpha value is -0.910. The second kappa shape index (κ2) is 2.61. The van der Waals surface area contributed by atoms with E-state index in [4.69, 9.17) is 14.7 Å². The van der Waals surface area contributed by atoms with Crippen LogP contribution in [0.3, 0.4) is 0 Å². The fourth-order valence-electron chi connectivity index (χ4n) is 2.75. The fourth-order valence-corrected chi connectivity index (χ4v) is 2.75. The highest BCUT2D eigenvalue weighted by atomic mass is 16.9. The van der Waals surface area contributed by atoms with Crippen LogP contribution in [-0.4, -0.2) is 34.3 Å². The molecule has 0 aromatic heterocycles. The van der Waals surface area contributed by atoms with E-state index in [2.05, 4.69) is 6.92 Å². The van der Waals surface area contributed by atoms with Gasteiger partial charge in [-0.3, -0.25) is 0 Å². The van der Waals surface area contributed by atoms with Gasteiger partial charge in [-0.25, -0.2) is 4.79 Å². The third-order valence-electron chi connectivity index (χ3n) is 3.51. The summed E-state index contributed by atoms with van der Waals surface area (Å²) in [5.41, 5.74) is 0.560. The summed E-state index contributed by atoms with van der Waals surface area (Å²) >= 11 is 0. The van der Waals surface area contributed by atoms with Crippen molar-refractivity contribution in [2.45, 2.75) is 38.8 Å². The predicted octanol–water partition coefficient (Wildman–Crippen LogP) is 0.262. The van der Waals surface area contributed by atoms with Crippen LogP contribution in [0.1, 0.15) is 20.3 Å². The monoisotopic (exact) mass is 212 g/mol. The van der Waals surface area contributed by atoms with Gasteiger partial charge in [0.1, 0.15) is 6.04 Å². The summed E-state index contributed by atoms with van der Waals surface area (Å²) in [5.74, 6) is -0.109. The minimum Gasteiger partial charge on any atom is -0.429 e. The zero-order valence-corrected chi connectivity index (χ0v) is 8.71. The summed E-state index contributed by atoms with van der Waals surface area (Å²) in [4.78, 5) is 17.2. The Morgan fingerprint density at radius 2 is 2.53 bits per heavy atom. The number of hydrogen-bond acceptors (Lipinski definition) is 4. The maximum atomic E-state index is 11.7. The molecule has 5 nitrogen and oxygen atoms in total. The smallest absolute Gasteiger partial charge is 0.398 e. The topological polar surface area (TPSA) is 59.1 Å². The third kappa shape index (κ3) is 1.00. The lowest BCUT2D eigenvalue weighted by Crippen LogP contribution is -2.49. The van der Waals surface area contributed by atoms with E-state index in [-0.39, 0.29) is 6.23 Å². The molecule has 15 heavy (non-hydrogen) atoms. The van der Waals surface area contributed by atoms with Gasteiger partial charge in [-0.15, -0.1) is 9.48 Å². The van der Waals surface area contributed by atoms with Crippen molar-refractivity contribution in [3.8, 4) is 0 Å². The van der Waals surface area contributed by atoms with Gasteiger partial charge in [0.2, 0.25) is 0 Å². The van der Waals surface area contributed by atoms with E-state index < -0.39 is 12.3 Å². The number of ether oxygens (including phenoxy) is 1. The zero-order valence-electron chi connectivity index (χ0n) is 8.71. The Morgan fingerprint density at radius 1 is 1.80 bits per heavy atom. The molecule has 3 heterocycles.